The molecule has 0 spiro atoms. The summed E-state index contributed by atoms with van der Waals surface area (Å²) in [7, 11) is -4.30. The highest BCUT2D eigenvalue weighted by molar-refractivity contribution is 7.85. The summed E-state index contributed by atoms with van der Waals surface area (Å²) in [5.74, 6) is -2.58. The normalized spacial score (nSPS) is 12.7. The van der Waals surface area contributed by atoms with Crippen LogP contribution in [0.3, 0.4) is 0 Å². The number of ether oxygens (including phenoxy) is 4. The SMILES string of the molecule is NC(CS(=O)(=O)O)C(=O)NCCOCCOCCOCCOCC(=O)O. The molecule has 154 valence electrons. The fraction of sp³-hybridized carbons (Fsp3) is 0.846. The van der Waals surface area contributed by atoms with Gasteiger partial charge in [-0.15, -0.1) is 0 Å². The zero-order chi connectivity index (χ0) is 19.8. The van der Waals surface area contributed by atoms with Gasteiger partial charge in [0, 0.05) is 6.54 Å². The zero-order valence-electron chi connectivity index (χ0n) is 14.3. The van der Waals surface area contributed by atoms with E-state index in [0.29, 0.717) is 19.8 Å². The Morgan fingerprint density at radius 1 is 0.923 bits per heavy atom. The first-order chi connectivity index (χ1) is 12.2. The topological polar surface area (TPSA) is 184 Å². The van der Waals surface area contributed by atoms with E-state index in [1.807, 2.05) is 0 Å². The van der Waals surface area contributed by atoms with E-state index in [4.69, 9.17) is 34.3 Å². The summed E-state index contributed by atoms with van der Waals surface area (Å²) >= 11 is 0. The van der Waals surface area contributed by atoms with Crippen molar-refractivity contribution in [2.45, 2.75) is 6.04 Å². The Bertz CT molecular complexity index is 499. The summed E-state index contributed by atoms with van der Waals surface area (Å²) < 4.78 is 50.0. The number of carbonyl (C=O) groups is 2. The van der Waals surface area contributed by atoms with Gasteiger partial charge in [0.05, 0.1) is 52.0 Å². The average Bonchev–Trinajstić information content (AvgIpc) is 2.53. The molecule has 13 heteroatoms. The maximum absolute atomic E-state index is 11.4. The summed E-state index contributed by atoms with van der Waals surface area (Å²) in [4.78, 5) is 21.6. The Balaban J connectivity index is 3.34. The fourth-order valence-corrected chi connectivity index (χ4v) is 2.10. The maximum atomic E-state index is 11.4. The largest absolute Gasteiger partial charge is 0.480 e. The van der Waals surface area contributed by atoms with Gasteiger partial charge in [-0.05, 0) is 0 Å². The van der Waals surface area contributed by atoms with Gasteiger partial charge in [-0.3, -0.25) is 9.35 Å². The minimum absolute atomic E-state index is 0.136. The van der Waals surface area contributed by atoms with E-state index in [-0.39, 0.29) is 39.6 Å². The maximum Gasteiger partial charge on any atom is 0.329 e. The van der Waals surface area contributed by atoms with Crippen molar-refractivity contribution in [3.8, 4) is 0 Å². The van der Waals surface area contributed by atoms with Crippen molar-refractivity contribution >= 4 is 22.0 Å². The number of carboxylic acids is 1. The van der Waals surface area contributed by atoms with Crippen LogP contribution in [0, 0.1) is 0 Å². The molecule has 1 atom stereocenters. The molecule has 0 aliphatic carbocycles. The second-order valence-electron chi connectivity index (χ2n) is 4.93. The van der Waals surface area contributed by atoms with Crippen LogP contribution in [0.25, 0.3) is 0 Å². The molecule has 0 aromatic heterocycles. The van der Waals surface area contributed by atoms with Crippen molar-refractivity contribution < 1.29 is 46.6 Å². The number of nitrogens with one attached hydrogen (secondary N) is 1. The number of carbonyl (C=O) groups excluding carboxylic acids is 1. The highest BCUT2D eigenvalue weighted by Gasteiger charge is 2.19. The minimum atomic E-state index is -4.30. The lowest BCUT2D eigenvalue weighted by molar-refractivity contribution is -0.142. The van der Waals surface area contributed by atoms with Crippen LogP contribution >= 0.6 is 0 Å². The van der Waals surface area contributed by atoms with E-state index in [9.17, 15) is 18.0 Å². The van der Waals surface area contributed by atoms with E-state index in [1.165, 1.54) is 0 Å². The van der Waals surface area contributed by atoms with E-state index < -0.39 is 33.8 Å². The number of aliphatic carboxylic acids is 1. The molecular formula is C13H26N2O10S. The molecule has 0 heterocycles. The van der Waals surface area contributed by atoms with Gasteiger partial charge in [0.15, 0.2) is 0 Å². The number of nitrogens with two attached hydrogens (primary N) is 1. The van der Waals surface area contributed by atoms with Crippen LogP contribution in [0.4, 0.5) is 0 Å². The standard InChI is InChI=1S/C13H26N2O10S/c14-11(10-26(19,20)21)13(18)15-1-2-22-3-4-23-5-6-24-7-8-25-9-12(16)17/h11H,1-10,14H2,(H,15,18)(H,16,17)(H,19,20,21). The molecule has 1 amide bonds. The molecule has 12 nitrogen and oxygen atoms in total. The smallest absolute Gasteiger partial charge is 0.329 e. The molecule has 0 aromatic rings. The molecule has 0 aliphatic rings. The number of carboxylic acid groups (broad SMARTS) is 1. The lowest BCUT2D eigenvalue weighted by Gasteiger charge is -2.11. The Kier molecular flexibility index (Phi) is 14.0. The molecule has 0 saturated carbocycles. The summed E-state index contributed by atoms with van der Waals surface area (Å²) in [5.41, 5.74) is 5.31. The quantitative estimate of drug-likeness (QED) is 0.148. The Labute approximate surface area is 151 Å². The lowest BCUT2D eigenvalue weighted by atomic mass is 10.3. The Hall–Kier alpha value is -1.35. The van der Waals surface area contributed by atoms with Gasteiger partial charge in [-0.2, -0.15) is 8.42 Å². The minimum Gasteiger partial charge on any atom is -0.480 e. The predicted molar refractivity (Wildman–Crippen MR) is 88.3 cm³/mol. The summed E-state index contributed by atoms with van der Waals surface area (Å²) in [6.07, 6.45) is 0. The molecule has 0 bridgehead atoms. The third kappa shape index (κ3) is 17.5. The average molecular weight is 402 g/mol. The van der Waals surface area contributed by atoms with E-state index in [0.717, 1.165) is 0 Å². The fourth-order valence-electron chi connectivity index (χ4n) is 1.50. The van der Waals surface area contributed by atoms with Crippen molar-refractivity contribution in [2.24, 2.45) is 5.73 Å². The highest BCUT2D eigenvalue weighted by Crippen LogP contribution is 1.88. The van der Waals surface area contributed by atoms with Crippen LogP contribution < -0.4 is 11.1 Å². The molecule has 0 saturated heterocycles. The number of rotatable bonds is 17. The van der Waals surface area contributed by atoms with Crippen LogP contribution in [0.5, 0.6) is 0 Å². The second kappa shape index (κ2) is 14.8. The van der Waals surface area contributed by atoms with E-state index in [2.05, 4.69) is 5.32 Å². The Morgan fingerprint density at radius 2 is 1.38 bits per heavy atom. The molecular weight excluding hydrogens is 376 g/mol. The van der Waals surface area contributed by atoms with Gasteiger partial charge in [-0.25, -0.2) is 4.79 Å². The van der Waals surface area contributed by atoms with Gasteiger partial charge < -0.3 is 35.1 Å². The van der Waals surface area contributed by atoms with Gasteiger partial charge in [-0.1, -0.05) is 0 Å². The lowest BCUT2D eigenvalue weighted by Crippen LogP contribution is -2.45. The van der Waals surface area contributed by atoms with Gasteiger partial charge in [0.1, 0.15) is 12.6 Å². The third-order valence-corrected chi connectivity index (χ3v) is 3.39. The van der Waals surface area contributed by atoms with Gasteiger partial charge in [0.2, 0.25) is 5.91 Å². The summed E-state index contributed by atoms with van der Waals surface area (Å²) in [5, 5.41) is 10.7. The number of amides is 1. The number of hydrogen-bond acceptors (Lipinski definition) is 9. The predicted octanol–water partition coefficient (Wildman–Crippen LogP) is -2.53. The Morgan fingerprint density at radius 3 is 1.85 bits per heavy atom. The van der Waals surface area contributed by atoms with Crippen LogP contribution in [-0.4, -0.2) is 101 Å². The first kappa shape index (κ1) is 24.7. The van der Waals surface area contributed by atoms with Crippen molar-refractivity contribution in [2.75, 3.05) is 65.2 Å². The molecule has 1 unspecified atom stereocenters. The number of hydrogen-bond donors (Lipinski definition) is 4. The van der Waals surface area contributed by atoms with Crippen LogP contribution in [0.2, 0.25) is 0 Å². The van der Waals surface area contributed by atoms with Crippen LogP contribution in [0.15, 0.2) is 0 Å². The van der Waals surface area contributed by atoms with Crippen LogP contribution in [0.1, 0.15) is 0 Å². The van der Waals surface area contributed by atoms with Gasteiger partial charge >= 0.3 is 5.97 Å². The zero-order valence-corrected chi connectivity index (χ0v) is 15.1. The molecule has 0 rings (SSSR count). The molecule has 0 radical (unpaired) electrons. The van der Waals surface area contributed by atoms with Crippen molar-refractivity contribution in [3.05, 3.63) is 0 Å². The molecule has 0 aromatic carbocycles. The first-order valence-corrected chi connectivity index (χ1v) is 9.34. The monoisotopic (exact) mass is 402 g/mol. The summed E-state index contributed by atoms with van der Waals surface area (Å²) in [6.45, 7) is 1.69. The molecule has 0 aliphatic heterocycles. The third-order valence-electron chi connectivity index (χ3n) is 2.61. The van der Waals surface area contributed by atoms with E-state index in [1.54, 1.807) is 0 Å². The van der Waals surface area contributed by atoms with Crippen molar-refractivity contribution in [1.82, 2.24) is 5.32 Å². The van der Waals surface area contributed by atoms with Gasteiger partial charge in [0.25, 0.3) is 10.1 Å². The molecule has 0 fully saturated rings. The van der Waals surface area contributed by atoms with Crippen molar-refractivity contribution in [3.63, 3.8) is 0 Å². The summed E-state index contributed by atoms with van der Waals surface area (Å²) in [6, 6.07) is -1.34. The van der Waals surface area contributed by atoms with Crippen molar-refractivity contribution in [1.29, 1.82) is 0 Å². The van der Waals surface area contributed by atoms with E-state index >= 15 is 0 Å². The molecule has 5 N–H and O–H groups in total. The highest BCUT2D eigenvalue weighted by atomic mass is 32.2. The first-order valence-electron chi connectivity index (χ1n) is 7.73. The molecule has 26 heavy (non-hydrogen) atoms. The van der Waals surface area contributed by atoms with Crippen LogP contribution in [-0.2, 0) is 38.7 Å². The second-order valence-corrected chi connectivity index (χ2v) is 6.43.